The minimum absolute atomic E-state index is 0.385. The zero-order valence-corrected chi connectivity index (χ0v) is 9.70. The summed E-state index contributed by atoms with van der Waals surface area (Å²) in [6.07, 6.45) is 0.191. The lowest BCUT2D eigenvalue weighted by Crippen LogP contribution is -2.08. The molecule has 3 nitrogen and oxygen atoms in total. The van der Waals surface area contributed by atoms with E-state index in [-0.39, 0.29) is 6.10 Å². The minimum atomic E-state index is -0.385. The first kappa shape index (κ1) is 11.9. The molecule has 0 aliphatic rings. The molecule has 0 saturated heterocycles. The molecule has 84 valence electrons. The average Bonchev–Trinajstić information content (AvgIpc) is 2.20. The summed E-state index contributed by atoms with van der Waals surface area (Å²) in [5.41, 5.74) is 2.11. The number of hydrogen-bond acceptors (Lipinski definition) is 3. The molecule has 1 unspecified atom stereocenters. The molecule has 0 aliphatic heterocycles. The minimum Gasteiger partial charge on any atom is -0.493 e. The third kappa shape index (κ3) is 2.63. The number of aryl methyl sites for hydroxylation is 1. The van der Waals surface area contributed by atoms with Gasteiger partial charge in [0.25, 0.3) is 0 Å². The molecule has 0 fully saturated rings. The van der Waals surface area contributed by atoms with Crippen LogP contribution in [0.2, 0.25) is 0 Å². The molecule has 0 aromatic heterocycles. The standard InChI is InChI=1S/C12H18O3/c1-8-5-6-11(14-3)12(15-4)10(8)7-9(2)13/h5-6,9,13H,7H2,1-4H3. The monoisotopic (exact) mass is 210 g/mol. The van der Waals surface area contributed by atoms with Gasteiger partial charge in [-0.25, -0.2) is 0 Å². The highest BCUT2D eigenvalue weighted by Gasteiger charge is 2.14. The smallest absolute Gasteiger partial charge is 0.164 e. The maximum atomic E-state index is 9.42. The average molecular weight is 210 g/mol. The van der Waals surface area contributed by atoms with Crippen molar-refractivity contribution in [1.29, 1.82) is 0 Å². The van der Waals surface area contributed by atoms with E-state index in [2.05, 4.69) is 0 Å². The largest absolute Gasteiger partial charge is 0.493 e. The predicted octanol–water partition coefficient (Wildman–Crippen LogP) is 1.94. The van der Waals surface area contributed by atoms with Crippen LogP contribution in [0.1, 0.15) is 18.1 Å². The Morgan fingerprint density at radius 1 is 1.27 bits per heavy atom. The van der Waals surface area contributed by atoms with Crippen LogP contribution in [0.15, 0.2) is 12.1 Å². The SMILES string of the molecule is COc1ccc(C)c(CC(C)O)c1OC. The van der Waals surface area contributed by atoms with Gasteiger partial charge in [-0.3, -0.25) is 0 Å². The number of rotatable bonds is 4. The van der Waals surface area contributed by atoms with E-state index in [4.69, 9.17) is 9.47 Å². The molecule has 0 spiro atoms. The number of methoxy groups -OCH3 is 2. The van der Waals surface area contributed by atoms with Crippen LogP contribution in [-0.4, -0.2) is 25.4 Å². The molecule has 15 heavy (non-hydrogen) atoms. The van der Waals surface area contributed by atoms with Gasteiger partial charge in [0.05, 0.1) is 20.3 Å². The van der Waals surface area contributed by atoms with E-state index in [1.165, 1.54) is 0 Å². The zero-order chi connectivity index (χ0) is 11.4. The molecule has 1 N–H and O–H groups in total. The number of hydrogen-bond donors (Lipinski definition) is 1. The quantitative estimate of drug-likeness (QED) is 0.825. The van der Waals surface area contributed by atoms with Crippen LogP contribution < -0.4 is 9.47 Å². The maximum absolute atomic E-state index is 9.42. The first-order valence-corrected chi connectivity index (χ1v) is 4.98. The van der Waals surface area contributed by atoms with Crippen molar-refractivity contribution in [2.24, 2.45) is 0 Å². The Balaban J connectivity index is 3.19. The summed E-state index contributed by atoms with van der Waals surface area (Å²) in [7, 11) is 3.22. The van der Waals surface area contributed by atoms with Crippen molar-refractivity contribution >= 4 is 0 Å². The number of aliphatic hydroxyl groups is 1. The summed E-state index contributed by atoms with van der Waals surface area (Å²) in [6, 6.07) is 3.85. The van der Waals surface area contributed by atoms with Gasteiger partial charge in [0, 0.05) is 12.0 Å². The lowest BCUT2D eigenvalue weighted by Gasteiger charge is -2.16. The summed E-state index contributed by atoms with van der Waals surface area (Å²) < 4.78 is 10.5. The fourth-order valence-electron chi connectivity index (χ4n) is 1.64. The Kier molecular flexibility index (Phi) is 3.97. The molecule has 1 aromatic rings. The fraction of sp³-hybridized carbons (Fsp3) is 0.500. The second kappa shape index (κ2) is 5.03. The van der Waals surface area contributed by atoms with Crippen molar-refractivity contribution in [3.8, 4) is 11.5 Å². The van der Waals surface area contributed by atoms with Crippen LogP contribution >= 0.6 is 0 Å². The van der Waals surface area contributed by atoms with Crippen molar-refractivity contribution in [1.82, 2.24) is 0 Å². The van der Waals surface area contributed by atoms with Crippen LogP contribution in [0, 0.1) is 6.92 Å². The van der Waals surface area contributed by atoms with Crippen LogP contribution in [0.5, 0.6) is 11.5 Å². The van der Waals surface area contributed by atoms with Crippen LogP contribution in [-0.2, 0) is 6.42 Å². The number of benzene rings is 1. The van der Waals surface area contributed by atoms with Gasteiger partial charge in [-0.05, 0) is 25.5 Å². The molecule has 0 heterocycles. The van der Waals surface area contributed by atoms with Crippen LogP contribution in [0.25, 0.3) is 0 Å². The Labute approximate surface area is 90.6 Å². The molecule has 1 rings (SSSR count). The second-order valence-electron chi connectivity index (χ2n) is 3.65. The van der Waals surface area contributed by atoms with E-state index in [9.17, 15) is 5.11 Å². The highest BCUT2D eigenvalue weighted by molar-refractivity contribution is 5.50. The predicted molar refractivity (Wildman–Crippen MR) is 59.7 cm³/mol. The first-order valence-electron chi connectivity index (χ1n) is 4.98. The van der Waals surface area contributed by atoms with Gasteiger partial charge in [0.1, 0.15) is 0 Å². The van der Waals surface area contributed by atoms with E-state index in [0.29, 0.717) is 12.2 Å². The summed E-state index contributed by atoms with van der Waals surface area (Å²) in [6.45, 7) is 3.76. The lowest BCUT2D eigenvalue weighted by atomic mass is 10.0. The Morgan fingerprint density at radius 3 is 2.40 bits per heavy atom. The second-order valence-corrected chi connectivity index (χ2v) is 3.65. The Hall–Kier alpha value is -1.22. The van der Waals surface area contributed by atoms with Gasteiger partial charge >= 0.3 is 0 Å². The molecule has 3 heteroatoms. The van der Waals surface area contributed by atoms with Crippen LogP contribution in [0.3, 0.4) is 0 Å². The highest BCUT2D eigenvalue weighted by atomic mass is 16.5. The first-order chi connectivity index (χ1) is 7.10. The summed E-state index contributed by atoms with van der Waals surface area (Å²) in [5, 5.41) is 9.42. The maximum Gasteiger partial charge on any atom is 0.164 e. The molecule has 0 saturated carbocycles. The fourth-order valence-corrected chi connectivity index (χ4v) is 1.64. The van der Waals surface area contributed by atoms with Crippen LogP contribution in [0.4, 0.5) is 0 Å². The molecule has 0 aliphatic carbocycles. The van der Waals surface area contributed by atoms with Gasteiger partial charge in [0.15, 0.2) is 11.5 Å². The van der Waals surface area contributed by atoms with Gasteiger partial charge in [-0.1, -0.05) is 6.07 Å². The molecular weight excluding hydrogens is 192 g/mol. The third-order valence-electron chi connectivity index (χ3n) is 2.38. The third-order valence-corrected chi connectivity index (χ3v) is 2.38. The molecular formula is C12H18O3. The summed E-state index contributed by atoms with van der Waals surface area (Å²) in [4.78, 5) is 0. The highest BCUT2D eigenvalue weighted by Crippen LogP contribution is 2.33. The van der Waals surface area contributed by atoms with E-state index < -0.39 is 0 Å². The lowest BCUT2D eigenvalue weighted by molar-refractivity contribution is 0.193. The van der Waals surface area contributed by atoms with Crippen molar-refractivity contribution in [3.05, 3.63) is 23.3 Å². The van der Waals surface area contributed by atoms with Gasteiger partial charge in [-0.15, -0.1) is 0 Å². The van der Waals surface area contributed by atoms with Gasteiger partial charge < -0.3 is 14.6 Å². The Morgan fingerprint density at radius 2 is 1.93 bits per heavy atom. The number of ether oxygens (including phenoxy) is 2. The number of aliphatic hydroxyl groups excluding tert-OH is 1. The molecule has 0 radical (unpaired) electrons. The van der Waals surface area contributed by atoms with Crippen molar-refractivity contribution in [2.45, 2.75) is 26.4 Å². The molecule has 0 bridgehead atoms. The normalized spacial score (nSPS) is 12.3. The van der Waals surface area contributed by atoms with Gasteiger partial charge in [-0.2, -0.15) is 0 Å². The zero-order valence-electron chi connectivity index (χ0n) is 9.70. The van der Waals surface area contributed by atoms with E-state index in [0.717, 1.165) is 16.9 Å². The Bertz CT molecular complexity index is 332. The van der Waals surface area contributed by atoms with E-state index in [1.54, 1.807) is 21.1 Å². The van der Waals surface area contributed by atoms with Crippen molar-refractivity contribution in [2.75, 3.05) is 14.2 Å². The molecule has 0 amide bonds. The molecule has 1 aromatic carbocycles. The van der Waals surface area contributed by atoms with Crippen molar-refractivity contribution < 1.29 is 14.6 Å². The summed E-state index contributed by atoms with van der Waals surface area (Å²) in [5.74, 6) is 1.43. The van der Waals surface area contributed by atoms with Crippen molar-refractivity contribution in [3.63, 3.8) is 0 Å². The van der Waals surface area contributed by atoms with Gasteiger partial charge in [0.2, 0.25) is 0 Å². The topological polar surface area (TPSA) is 38.7 Å². The molecule has 1 atom stereocenters. The van der Waals surface area contributed by atoms with E-state index >= 15 is 0 Å². The summed E-state index contributed by atoms with van der Waals surface area (Å²) >= 11 is 0. The van der Waals surface area contributed by atoms with E-state index in [1.807, 2.05) is 19.1 Å².